The van der Waals surface area contributed by atoms with Crippen LogP contribution in [0.25, 0.3) is 0 Å². The topological polar surface area (TPSA) is 46.1 Å². The number of hydrogen-bond acceptors (Lipinski definition) is 4. The first-order chi connectivity index (χ1) is 10.6. The number of halogens is 1. The van der Waals surface area contributed by atoms with Gasteiger partial charge in [-0.3, -0.25) is 4.79 Å². The van der Waals surface area contributed by atoms with E-state index in [9.17, 15) is 9.18 Å². The molecule has 0 bridgehead atoms. The Kier molecular flexibility index (Phi) is 4.38. The van der Waals surface area contributed by atoms with Gasteiger partial charge < -0.3 is 4.90 Å². The second kappa shape index (κ2) is 6.44. The third kappa shape index (κ3) is 3.11. The van der Waals surface area contributed by atoms with Crippen molar-refractivity contribution in [2.24, 2.45) is 0 Å². The Bertz CT molecular complexity index is 680. The van der Waals surface area contributed by atoms with E-state index in [-0.39, 0.29) is 17.0 Å². The van der Waals surface area contributed by atoms with Crippen LogP contribution in [0, 0.1) is 12.7 Å². The van der Waals surface area contributed by atoms with E-state index < -0.39 is 0 Å². The summed E-state index contributed by atoms with van der Waals surface area (Å²) in [5.74, 6) is -0.421. The molecule has 4 nitrogen and oxygen atoms in total. The van der Waals surface area contributed by atoms with Crippen LogP contribution in [0.3, 0.4) is 0 Å². The molecule has 22 heavy (non-hydrogen) atoms. The summed E-state index contributed by atoms with van der Waals surface area (Å²) in [5.41, 5.74) is 1.31. The van der Waals surface area contributed by atoms with Crippen molar-refractivity contribution in [3.05, 3.63) is 47.9 Å². The van der Waals surface area contributed by atoms with E-state index in [1.165, 1.54) is 17.8 Å². The van der Waals surface area contributed by atoms with Crippen LogP contribution in [0.1, 0.15) is 18.4 Å². The molecule has 1 fully saturated rings. The molecule has 1 atom stereocenters. The van der Waals surface area contributed by atoms with Gasteiger partial charge in [-0.1, -0.05) is 17.8 Å². The molecule has 0 unspecified atom stereocenters. The van der Waals surface area contributed by atoms with Crippen molar-refractivity contribution >= 4 is 23.4 Å². The van der Waals surface area contributed by atoms with E-state index in [0.29, 0.717) is 17.3 Å². The van der Waals surface area contributed by atoms with Crippen LogP contribution < -0.4 is 4.90 Å². The molecule has 3 rings (SSSR count). The van der Waals surface area contributed by atoms with Gasteiger partial charge in [0.2, 0.25) is 5.91 Å². The molecule has 114 valence electrons. The zero-order chi connectivity index (χ0) is 15.5. The predicted octanol–water partition coefficient (Wildman–Crippen LogP) is 3.21. The Labute approximate surface area is 132 Å². The Hall–Kier alpha value is -1.95. The van der Waals surface area contributed by atoms with Crippen molar-refractivity contribution in [1.29, 1.82) is 0 Å². The Morgan fingerprint density at radius 3 is 3.00 bits per heavy atom. The highest BCUT2D eigenvalue weighted by Crippen LogP contribution is 2.32. The minimum atomic E-state index is -0.357. The van der Waals surface area contributed by atoms with E-state index in [2.05, 4.69) is 10.2 Å². The molecule has 6 heteroatoms. The zero-order valence-corrected chi connectivity index (χ0v) is 13.0. The number of nitrogens with zero attached hydrogens (tertiary/aromatic N) is 3. The fourth-order valence-electron chi connectivity index (χ4n) is 2.52. The molecule has 0 N–H and O–H groups in total. The lowest BCUT2D eigenvalue weighted by Gasteiger charge is -2.32. The quantitative estimate of drug-likeness (QED) is 0.872. The molecule has 0 radical (unpaired) electrons. The maximum atomic E-state index is 14.1. The number of aryl methyl sites for hydroxylation is 1. The van der Waals surface area contributed by atoms with E-state index in [1.807, 2.05) is 13.0 Å². The largest absolute Gasteiger partial charge is 0.309 e. The lowest BCUT2D eigenvalue weighted by Crippen LogP contribution is -2.43. The highest BCUT2D eigenvalue weighted by molar-refractivity contribution is 8.00. The van der Waals surface area contributed by atoms with Gasteiger partial charge in [0.25, 0.3) is 0 Å². The van der Waals surface area contributed by atoms with Crippen LogP contribution in [0.15, 0.2) is 41.6 Å². The first-order valence-electron chi connectivity index (χ1n) is 7.17. The van der Waals surface area contributed by atoms with Crippen molar-refractivity contribution in [3.63, 3.8) is 0 Å². The Morgan fingerprint density at radius 2 is 2.23 bits per heavy atom. The van der Waals surface area contributed by atoms with Crippen LogP contribution >= 0.6 is 11.8 Å². The summed E-state index contributed by atoms with van der Waals surface area (Å²) in [6.07, 6.45) is 3.21. The summed E-state index contributed by atoms with van der Waals surface area (Å²) in [7, 11) is 0. The molecule has 1 aromatic heterocycles. The Balaban J connectivity index is 1.82. The van der Waals surface area contributed by atoms with Gasteiger partial charge in [-0.25, -0.2) is 4.39 Å². The van der Waals surface area contributed by atoms with Crippen molar-refractivity contribution in [1.82, 2.24) is 10.2 Å². The summed E-state index contributed by atoms with van der Waals surface area (Å²) < 4.78 is 14.1. The fraction of sp³-hybridized carbons (Fsp3) is 0.312. The minimum Gasteiger partial charge on any atom is -0.309 e. The zero-order valence-electron chi connectivity index (χ0n) is 12.2. The number of benzene rings is 1. The summed E-state index contributed by atoms with van der Waals surface area (Å²) in [6.45, 7) is 2.44. The van der Waals surface area contributed by atoms with E-state index in [1.54, 1.807) is 29.3 Å². The number of amides is 1. The number of thioether (sulfide) groups is 1. The normalized spacial score (nSPS) is 18.5. The first-order valence-corrected chi connectivity index (χ1v) is 8.05. The van der Waals surface area contributed by atoms with Crippen LogP contribution in [0.5, 0.6) is 0 Å². The molecule has 0 saturated carbocycles. The second-order valence-electron chi connectivity index (χ2n) is 5.26. The number of aromatic nitrogens is 2. The highest BCUT2D eigenvalue weighted by Gasteiger charge is 2.32. The SMILES string of the molecule is Cc1ccc(F)c(N2CCC[C@H](Sc3cccnn3)C2=O)c1. The van der Waals surface area contributed by atoms with Gasteiger partial charge in [0, 0.05) is 12.7 Å². The van der Waals surface area contributed by atoms with Gasteiger partial charge in [-0.05, 0) is 49.6 Å². The molecule has 2 heterocycles. The fourth-order valence-corrected chi connectivity index (χ4v) is 3.57. The van der Waals surface area contributed by atoms with E-state index >= 15 is 0 Å². The number of carbonyl (C=O) groups excluding carboxylic acids is 1. The second-order valence-corrected chi connectivity index (χ2v) is 6.48. The van der Waals surface area contributed by atoms with Gasteiger partial charge in [0.05, 0.1) is 10.9 Å². The molecule has 0 spiro atoms. The molecule has 1 saturated heterocycles. The molecule has 1 aliphatic rings. The maximum Gasteiger partial charge on any atom is 0.240 e. The van der Waals surface area contributed by atoms with Crippen LogP contribution in [-0.4, -0.2) is 27.9 Å². The molecule has 1 amide bonds. The number of hydrogen-bond donors (Lipinski definition) is 0. The van der Waals surface area contributed by atoms with E-state index in [0.717, 1.165) is 18.4 Å². The summed E-state index contributed by atoms with van der Waals surface area (Å²) >= 11 is 1.39. The molecule has 0 aliphatic carbocycles. The molecule has 2 aromatic rings. The molecule has 1 aliphatic heterocycles. The first kappa shape index (κ1) is 15.0. The maximum absolute atomic E-state index is 14.1. The monoisotopic (exact) mass is 317 g/mol. The van der Waals surface area contributed by atoms with Crippen molar-refractivity contribution in [3.8, 4) is 0 Å². The highest BCUT2D eigenvalue weighted by atomic mass is 32.2. The Morgan fingerprint density at radius 1 is 1.36 bits per heavy atom. The average molecular weight is 317 g/mol. The number of anilines is 1. The molecular formula is C16H16FN3OS. The third-order valence-corrected chi connectivity index (χ3v) is 4.77. The number of rotatable bonds is 3. The predicted molar refractivity (Wildman–Crippen MR) is 84.4 cm³/mol. The van der Waals surface area contributed by atoms with Crippen molar-refractivity contribution in [2.75, 3.05) is 11.4 Å². The number of carbonyl (C=O) groups is 1. The number of piperidine rings is 1. The van der Waals surface area contributed by atoms with Crippen molar-refractivity contribution in [2.45, 2.75) is 30.0 Å². The standard InChI is InChI=1S/C16H16FN3OS/c1-11-6-7-12(17)13(10-11)20-9-3-4-14(16(20)21)22-15-5-2-8-18-19-15/h2,5-8,10,14H,3-4,9H2,1H3/t14-/m0/s1. The van der Waals surface area contributed by atoms with Gasteiger partial charge in [-0.2, -0.15) is 5.10 Å². The van der Waals surface area contributed by atoms with Gasteiger partial charge in [0.1, 0.15) is 10.8 Å². The summed E-state index contributed by atoms with van der Waals surface area (Å²) in [6, 6.07) is 8.47. The van der Waals surface area contributed by atoms with Gasteiger partial charge in [-0.15, -0.1) is 5.10 Å². The van der Waals surface area contributed by atoms with Gasteiger partial charge in [0.15, 0.2) is 0 Å². The summed E-state index contributed by atoms with van der Waals surface area (Å²) in [5, 5.41) is 8.30. The minimum absolute atomic E-state index is 0.0635. The third-order valence-electron chi connectivity index (χ3n) is 3.59. The average Bonchev–Trinajstić information content (AvgIpc) is 2.53. The smallest absolute Gasteiger partial charge is 0.240 e. The van der Waals surface area contributed by atoms with Crippen LogP contribution in [0.4, 0.5) is 10.1 Å². The lowest BCUT2D eigenvalue weighted by atomic mass is 10.1. The lowest BCUT2D eigenvalue weighted by molar-refractivity contribution is -0.119. The van der Waals surface area contributed by atoms with E-state index in [4.69, 9.17) is 0 Å². The van der Waals surface area contributed by atoms with Crippen LogP contribution in [0.2, 0.25) is 0 Å². The molecular weight excluding hydrogens is 301 g/mol. The summed E-state index contributed by atoms with van der Waals surface area (Å²) in [4.78, 5) is 14.2. The van der Waals surface area contributed by atoms with Crippen molar-refractivity contribution < 1.29 is 9.18 Å². The van der Waals surface area contributed by atoms with Gasteiger partial charge >= 0.3 is 0 Å². The van der Waals surface area contributed by atoms with Crippen LogP contribution in [-0.2, 0) is 4.79 Å². The molecule has 1 aromatic carbocycles.